The molecule has 1 N–H and O–H groups in total. The third-order valence-corrected chi connectivity index (χ3v) is 7.97. The Morgan fingerprint density at radius 2 is 1.81 bits per heavy atom. The summed E-state index contributed by atoms with van der Waals surface area (Å²) in [7, 11) is 3.99. The van der Waals surface area contributed by atoms with Gasteiger partial charge in [-0.1, -0.05) is 41.9 Å². The average molecular weight is 421 g/mol. The van der Waals surface area contributed by atoms with Crippen LogP contribution in [0, 0.1) is 0 Å². The van der Waals surface area contributed by atoms with E-state index in [4.69, 9.17) is 11.6 Å². The van der Waals surface area contributed by atoms with Gasteiger partial charge in [-0.15, -0.1) is 23.5 Å². The zero-order valence-electron chi connectivity index (χ0n) is 15.7. The molecule has 0 aromatic heterocycles. The lowest BCUT2D eigenvalue weighted by molar-refractivity contribution is 0.0942. The predicted molar refractivity (Wildman–Crippen MR) is 119 cm³/mol. The number of nitrogens with one attached hydrogen (secondary N) is 1. The lowest BCUT2D eigenvalue weighted by atomic mass is 10.1. The van der Waals surface area contributed by atoms with Crippen molar-refractivity contribution in [3.05, 3.63) is 70.2 Å². The second-order valence-corrected chi connectivity index (χ2v) is 9.89. The first-order chi connectivity index (χ1) is 13.1. The van der Waals surface area contributed by atoms with E-state index in [-0.39, 0.29) is 11.9 Å². The summed E-state index contributed by atoms with van der Waals surface area (Å²) in [5.74, 6) is 2.38. The average Bonchev–Trinajstić information content (AvgIpc) is 2.70. The van der Waals surface area contributed by atoms with Crippen molar-refractivity contribution in [3.8, 4) is 0 Å². The fraction of sp³-hybridized carbons (Fsp3) is 0.381. The largest absolute Gasteiger partial charge is 0.350 e. The predicted octanol–water partition coefficient (Wildman–Crippen LogP) is 5.24. The summed E-state index contributed by atoms with van der Waals surface area (Å²) in [5, 5.41) is 3.78. The van der Waals surface area contributed by atoms with Crippen molar-refractivity contribution in [2.75, 3.05) is 32.1 Å². The number of carbonyl (C=O) groups is 1. The Hall–Kier alpha value is -1.14. The van der Waals surface area contributed by atoms with Gasteiger partial charge in [0.2, 0.25) is 0 Å². The smallest absolute Gasteiger partial charge is 0.251 e. The van der Waals surface area contributed by atoms with Crippen LogP contribution in [0.15, 0.2) is 48.5 Å². The maximum atomic E-state index is 12.6. The van der Waals surface area contributed by atoms with Gasteiger partial charge in [0.05, 0.1) is 10.6 Å². The quantitative estimate of drug-likeness (QED) is 0.692. The van der Waals surface area contributed by atoms with Crippen LogP contribution in [0.5, 0.6) is 0 Å². The van der Waals surface area contributed by atoms with Crippen molar-refractivity contribution < 1.29 is 4.79 Å². The molecule has 0 unspecified atom stereocenters. The van der Waals surface area contributed by atoms with Crippen LogP contribution in [0.25, 0.3) is 0 Å². The normalized spacial score (nSPS) is 16.3. The van der Waals surface area contributed by atoms with E-state index in [1.807, 2.05) is 74.0 Å². The molecule has 3 nitrogen and oxygen atoms in total. The van der Waals surface area contributed by atoms with Gasteiger partial charge in [0, 0.05) is 17.1 Å². The SMILES string of the molecule is CN(C)[C@H](CNC(=O)c1ccc(C2SCCCS2)cc1)c1ccccc1Cl. The van der Waals surface area contributed by atoms with E-state index < -0.39 is 0 Å². The molecular formula is C21H25ClN2OS2. The molecule has 1 heterocycles. The first kappa shape index (κ1) is 20.6. The molecule has 1 aliphatic rings. The first-order valence-electron chi connectivity index (χ1n) is 9.08. The summed E-state index contributed by atoms with van der Waals surface area (Å²) in [4.78, 5) is 14.7. The van der Waals surface area contributed by atoms with Gasteiger partial charge in [0.1, 0.15) is 0 Å². The highest BCUT2D eigenvalue weighted by Gasteiger charge is 2.19. The lowest BCUT2D eigenvalue weighted by Gasteiger charge is -2.26. The molecule has 2 aromatic rings. The molecule has 2 aromatic carbocycles. The second-order valence-electron chi connectivity index (χ2n) is 6.76. The first-order valence-corrected chi connectivity index (χ1v) is 11.6. The van der Waals surface area contributed by atoms with Crippen molar-refractivity contribution >= 4 is 41.0 Å². The molecule has 0 spiro atoms. The van der Waals surface area contributed by atoms with Crippen LogP contribution in [-0.4, -0.2) is 43.0 Å². The van der Waals surface area contributed by atoms with E-state index in [2.05, 4.69) is 22.3 Å². The minimum absolute atomic E-state index is 0.0250. The summed E-state index contributed by atoms with van der Waals surface area (Å²) in [6.45, 7) is 0.506. The van der Waals surface area contributed by atoms with Crippen LogP contribution in [0.1, 0.15) is 38.5 Å². The fourth-order valence-corrected chi connectivity index (χ4v) is 6.24. The molecule has 0 radical (unpaired) electrons. The topological polar surface area (TPSA) is 32.3 Å². The van der Waals surface area contributed by atoms with Gasteiger partial charge in [-0.05, 0) is 61.3 Å². The van der Waals surface area contributed by atoms with Gasteiger partial charge >= 0.3 is 0 Å². The number of carbonyl (C=O) groups excluding carboxylic acids is 1. The maximum absolute atomic E-state index is 12.6. The van der Waals surface area contributed by atoms with Crippen molar-refractivity contribution in [1.29, 1.82) is 0 Å². The Morgan fingerprint density at radius 1 is 1.15 bits per heavy atom. The Balaban J connectivity index is 1.63. The molecule has 1 fully saturated rings. The van der Waals surface area contributed by atoms with Crippen LogP contribution in [0.2, 0.25) is 5.02 Å². The highest BCUT2D eigenvalue weighted by atomic mass is 35.5. The van der Waals surface area contributed by atoms with Crippen LogP contribution < -0.4 is 5.32 Å². The van der Waals surface area contributed by atoms with Crippen LogP contribution in [0.3, 0.4) is 0 Å². The van der Waals surface area contributed by atoms with Gasteiger partial charge in [-0.3, -0.25) is 4.79 Å². The molecule has 1 aliphatic heterocycles. The number of likely N-dealkylation sites (N-methyl/N-ethyl adjacent to an activating group) is 1. The van der Waals surface area contributed by atoms with E-state index >= 15 is 0 Å². The summed E-state index contributed by atoms with van der Waals surface area (Å²) >= 11 is 10.3. The Kier molecular flexibility index (Phi) is 7.53. The Labute approximate surface area is 175 Å². The summed E-state index contributed by atoms with van der Waals surface area (Å²) in [6, 6.07) is 15.8. The number of thioether (sulfide) groups is 2. The van der Waals surface area contributed by atoms with Gasteiger partial charge in [-0.25, -0.2) is 0 Å². The highest BCUT2D eigenvalue weighted by Crippen LogP contribution is 2.43. The summed E-state index contributed by atoms with van der Waals surface area (Å²) in [5.41, 5.74) is 3.01. The van der Waals surface area contributed by atoms with Crippen LogP contribution >= 0.6 is 35.1 Å². The van der Waals surface area contributed by atoms with E-state index in [1.165, 1.54) is 23.5 Å². The third-order valence-electron chi connectivity index (χ3n) is 4.62. The molecule has 0 aliphatic carbocycles. The number of hydrogen-bond acceptors (Lipinski definition) is 4. The van der Waals surface area contributed by atoms with Crippen LogP contribution in [0.4, 0.5) is 0 Å². The highest BCUT2D eigenvalue weighted by molar-refractivity contribution is 8.16. The van der Waals surface area contributed by atoms with Crippen molar-refractivity contribution in [3.63, 3.8) is 0 Å². The number of nitrogens with zero attached hydrogens (tertiary/aromatic N) is 1. The van der Waals surface area contributed by atoms with E-state index in [1.54, 1.807) is 0 Å². The molecular weight excluding hydrogens is 396 g/mol. The van der Waals surface area contributed by atoms with E-state index in [0.717, 1.165) is 10.6 Å². The zero-order valence-corrected chi connectivity index (χ0v) is 18.0. The zero-order chi connectivity index (χ0) is 19.2. The number of amides is 1. The van der Waals surface area contributed by atoms with E-state index in [0.29, 0.717) is 16.7 Å². The number of hydrogen-bond donors (Lipinski definition) is 1. The lowest BCUT2D eigenvalue weighted by Crippen LogP contribution is -2.34. The second kappa shape index (κ2) is 9.87. The van der Waals surface area contributed by atoms with Crippen molar-refractivity contribution in [2.24, 2.45) is 0 Å². The van der Waals surface area contributed by atoms with Gasteiger partial charge < -0.3 is 10.2 Å². The number of halogens is 1. The monoisotopic (exact) mass is 420 g/mol. The van der Waals surface area contributed by atoms with E-state index in [9.17, 15) is 4.79 Å². The van der Waals surface area contributed by atoms with Gasteiger partial charge in [0.15, 0.2) is 0 Å². The van der Waals surface area contributed by atoms with Crippen LogP contribution in [-0.2, 0) is 0 Å². The fourth-order valence-electron chi connectivity index (χ4n) is 3.08. The molecule has 1 saturated heterocycles. The standard InChI is InChI=1S/C21H25ClN2OS2/c1-24(2)19(17-6-3-4-7-18(17)22)14-23-20(25)15-8-10-16(11-9-15)21-26-12-5-13-27-21/h3-4,6-11,19,21H,5,12-14H2,1-2H3,(H,23,25)/t19-/m1/s1. The number of benzene rings is 2. The van der Waals surface area contributed by atoms with Crippen molar-refractivity contribution in [2.45, 2.75) is 17.0 Å². The molecule has 3 rings (SSSR count). The molecule has 144 valence electrons. The molecule has 1 amide bonds. The third kappa shape index (κ3) is 5.44. The summed E-state index contributed by atoms with van der Waals surface area (Å²) in [6.07, 6.45) is 1.28. The minimum Gasteiger partial charge on any atom is -0.350 e. The van der Waals surface area contributed by atoms with Gasteiger partial charge in [0.25, 0.3) is 5.91 Å². The summed E-state index contributed by atoms with van der Waals surface area (Å²) < 4.78 is 0.495. The Morgan fingerprint density at radius 3 is 2.44 bits per heavy atom. The minimum atomic E-state index is -0.0515. The molecule has 27 heavy (non-hydrogen) atoms. The number of rotatable bonds is 6. The molecule has 0 saturated carbocycles. The maximum Gasteiger partial charge on any atom is 0.251 e. The molecule has 1 atom stereocenters. The van der Waals surface area contributed by atoms with Crippen molar-refractivity contribution in [1.82, 2.24) is 10.2 Å². The molecule has 6 heteroatoms. The Bertz CT molecular complexity index is 761. The molecule has 0 bridgehead atoms. The van der Waals surface area contributed by atoms with Gasteiger partial charge in [-0.2, -0.15) is 0 Å².